The molecule has 1 aromatic heterocycles. The van der Waals surface area contributed by atoms with E-state index in [2.05, 4.69) is 10.3 Å². The predicted octanol–water partition coefficient (Wildman–Crippen LogP) is 0.727. The van der Waals surface area contributed by atoms with E-state index in [1.807, 2.05) is 24.3 Å². The molecule has 22 heavy (non-hydrogen) atoms. The first-order chi connectivity index (χ1) is 10.5. The molecule has 112 valence electrons. The molecule has 1 aliphatic rings. The number of amides is 1. The van der Waals surface area contributed by atoms with Crippen molar-refractivity contribution in [2.24, 2.45) is 0 Å². The maximum atomic E-state index is 12.3. The molecule has 0 unspecified atom stereocenters. The third-order valence-electron chi connectivity index (χ3n) is 3.93. The largest absolute Gasteiger partial charge is 0.479 e. The summed E-state index contributed by atoms with van der Waals surface area (Å²) in [6, 6.07) is 10.3. The number of nitrogens with one attached hydrogen (secondary N) is 2. The summed E-state index contributed by atoms with van der Waals surface area (Å²) in [4.78, 5) is 38.1. The van der Waals surface area contributed by atoms with Crippen LogP contribution in [0.25, 0.3) is 0 Å². The number of carbonyl (C=O) groups excluding carboxylic acids is 1. The van der Waals surface area contributed by atoms with Gasteiger partial charge in [-0.2, -0.15) is 0 Å². The summed E-state index contributed by atoms with van der Waals surface area (Å²) in [5.74, 6) is -1.79. The van der Waals surface area contributed by atoms with Crippen molar-refractivity contribution < 1.29 is 14.7 Å². The summed E-state index contributed by atoms with van der Waals surface area (Å²) in [7, 11) is 0. The van der Waals surface area contributed by atoms with Crippen LogP contribution < -0.4 is 10.9 Å². The van der Waals surface area contributed by atoms with Crippen LogP contribution in [0.3, 0.4) is 0 Å². The van der Waals surface area contributed by atoms with Gasteiger partial charge in [0.25, 0.3) is 11.5 Å². The van der Waals surface area contributed by atoms with Crippen LogP contribution in [0.1, 0.15) is 21.5 Å². The molecule has 3 rings (SSSR count). The van der Waals surface area contributed by atoms with E-state index >= 15 is 0 Å². The average Bonchev–Trinajstić information content (AvgIpc) is 2.87. The summed E-state index contributed by atoms with van der Waals surface area (Å²) in [6.45, 7) is 0. The highest BCUT2D eigenvalue weighted by atomic mass is 16.4. The third kappa shape index (κ3) is 2.28. The Morgan fingerprint density at radius 2 is 1.73 bits per heavy atom. The lowest BCUT2D eigenvalue weighted by molar-refractivity contribution is -0.144. The Balaban J connectivity index is 1.92. The first-order valence-electron chi connectivity index (χ1n) is 6.82. The maximum Gasteiger partial charge on any atom is 0.330 e. The minimum atomic E-state index is -1.41. The lowest BCUT2D eigenvalue weighted by Gasteiger charge is -2.25. The van der Waals surface area contributed by atoms with Gasteiger partial charge >= 0.3 is 5.97 Å². The van der Waals surface area contributed by atoms with Gasteiger partial charge in [-0.05, 0) is 23.3 Å². The summed E-state index contributed by atoms with van der Waals surface area (Å²) >= 11 is 0. The Kier molecular flexibility index (Phi) is 3.29. The Morgan fingerprint density at radius 3 is 2.27 bits per heavy atom. The summed E-state index contributed by atoms with van der Waals surface area (Å²) in [5, 5.41) is 12.1. The van der Waals surface area contributed by atoms with Gasteiger partial charge in [0, 0.05) is 19.0 Å². The van der Waals surface area contributed by atoms with E-state index in [4.69, 9.17) is 0 Å². The van der Waals surface area contributed by atoms with Gasteiger partial charge in [0.1, 0.15) is 11.1 Å². The Morgan fingerprint density at radius 1 is 1.09 bits per heavy atom. The molecule has 2 aromatic rings. The second-order valence-corrected chi connectivity index (χ2v) is 5.38. The zero-order valence-electron chi connectivity index (χ0n) is 11.6. The number of pyridine rings is 1. The molecule has 0 radical (unpaired) electrons. The van der Waals surface area contributed by atoms with Crippen molar-refractivity contribution in [1.29, 1.82) is 0 Å². The lowest BCUT2D eigenvalue weighted by Crippen LogP contribution is -2.56. The van der Waals surface area contributed by atoms with Gasteiger partial charge in [0.2, 0.25) is 0 Å². The van der Waals surface area contributed by atoms with Crippen molar-refractivity contribution in [3.63, 3.8) is 0 Å². The Bertz CT molecular complexity index is 785. The molecule has 0 bridgehead atoms. The van der Waals surface area contributed by atoms with Crippen molar-refractivity contribution in [1.82, 2.24) is 10.3 Å². The van der Waals surface area contributed by atoms with Crippen molar-refractivity contribution >= 4 is 11.9 Å². The topological polar surface area (TPSA) is 99.3 Å². The Hall–Kier alpha value is -2.89. The van der Waals surface area contributed by atoms with Crippen LogP contribution in [-0.2, 0) is 17.6 Å². The first-order valence-corrected chi connectivity index (χ1v) is 6.82. The molecule has 0 atom stereocenters. The summed E-state index contributed by atoms with van der Waals surface area (Å²) in [6.07, 6.45) is 1.82. The summed E-state index contributed by atoms with van der Waals surface area (Å²) in [5.41, 5.74) is -0.266. The van der Waals surface area contributed by atoms with E-state index < -0.39 is 23.0 Å². The van der Waals surface area contributed by atoms with E-state index in [0.29, 0.717) is 0 Å². The van der Waals surface area contributed by atoms with Crippen molar-refractivity contribution in [2.45, 2.75) is 18.4 Å². The molecule has 1 amide bonds. The number of rotatable bonds is 3. The van der Waals surface area contributed by atoms with E-state index in [9.17, 15) is 19.5 Å². The number of fused-ring (bicyclic) bond motifs is 1. The highest BCUT2D eigenvalue weighted by Crippen LogP contribution is 2.30. The minimum Gasteiger partial charge on any atom is -0.479 e. The van der Waals surface area contributed by atoms with Crippen LogP contribution in [0.4, 0.5) is 0 Å². The number of carboxylic acids is 1. The van der Waals surface area contributed by atoms with Crippen LogP contribution in [-0.4, -0.2) is 27.5 Å². The fourth-order valence-corrected chi connectivity index (χ4v) is 2.79. The molecule has 0 saturated heterocycles. The van der Waals surface area contributed by atoms with Gasteiger partial charge in [-0.15, -0.1) is 0 Å². The molecule has 0 saturated carbocycles. The van der Waals surface area contributed by atoms with Crippen molar-refractivity contribution in [3.8, 4) is 0 Å². The van der Waals surface area contributed by atoms with Crippen molar-refractivity contribution in [3.05, 3.63) is 69.6 Å². The molecule has 1 aliphatic carbocycles. The van der Waals surface area contributed by atoms with Crippen molar-refractivity contribution in [2.75, 3.05) is 0 Å². The molecule has 0 aliphatic heterocycles. The fraction of sp³-hybridized carbons (Fsp3) is 0.188. The normalized spacial score (nSPS) is 15.1. The van der Waals surface area contributed by atoms with Gasteiger partial charge in [-0.25, -0.2) is 4.79 Å². The quantitative estimate of drug-likeness (QED) is 0.777. The predicted molar refractivity (Wildman–Crippen MR) is 78.7 cm³/mol. The van der Waals surface area contributed by atoms with Crippen LogP contribution in [0, 0.1) is 0 Å². The van der Waals surface area contributed by atoms with Gasteiger partial charge < -0.3 is 15.4 Å². The number of aromatic nitrogens is 1. The second kappa shape index (κ2) is 5.14. The third-order valence-corrected chi connectivity index (χ3v) is 3.93. The van der Waals surface area contributed by atoms with E-state index in [-0.39, 0.29) is 18.4 Å². The molecule has 0 spiro atoms. The SMILES string of the molecule is O=C(NC1(C(=O)O)Cc2ccccc2C1)c1ccc[nH]c1=O. The fourth-order valence-electron chi connectivity index (χ4n) is 2.79. The minimum absolute atomic E-state index is 0.0981. The zero-order valence-corrected chi connectivity index (χ0v) is 11.6. The van der Waals surface area contributed by atoms with Crippen LogP contribution in [0.2, 0.25) is 0 Å². The molecule has 0 fully saturated rings. The van der Waals surface area contributed by atoms with Crippen LogP contribution >= 0.6 is 0 Å². The van der Waals surface area contributed by atoms with E-state index in [1.165, 1.54) is 18.3 Å². The highest BCUT2D eigenvalue weighted by molar-refractivity contribution is 5.98. The van der Waals surface area contributed by atoms with E-state index in [0.717, 1.165) is 11.1 Å². The number of carboxylic acid groups (broad SMARTS) is 1. The summed E-state index contributed by atoms with van der Waals surface area (Å²) < 4.78 is 0. The highest BCUT2D eigenvalue weighted by Gasteiger charge is 2.45. The van der Waals surface area contributed by atoms with Crippen LogP contribution in [0.5, 0.6) is 0 Å². The number of hydrogen-bond donors (Lipinski definition) is 3. The van der Waals surface area contributed by atoms with Gasteiger partial charge in [0.05, 0.1) is 0 Å². The molecule has 6 nitrogen and oxygen atoms in total. The maximum absolute atomic E-state index is 12.3. The zero-order chi connectivity index (χ0) is 15.7. The van der Waals surface area contributed by atoms with Gasteiger partial charge in [0.15, 0.2) is 0 Å². The molecular formula is C16H14N2O4. The number of H-pyrrole nitrogens is 1. The molecule has 1 aromatic carbocycles. The number of aromatic amines is 1. The molecule has 6 heteroatoms. The van der Waals surface area contributed by atoms with Crippen LogP contribution in [0.15, 0.2) is 47.4 Å². The molecular weight excluding hydrogens is 284 g/mol. The Labute approximate surface area is 125 Å². The molecule has 1 heterocycles. The second-order valence-electron chi connectivity index (χ2n) is 5.38. The number of aliphatic carboxylic acids is 1. The number of benzene rings is 1. The average molecular weight is 298 g/mol. The number of carbonyl (C=O) groups is 2. The van der Waals surface area contributed by atoms with Gasteiger partial charge in [-0.1, -0.05) is 24.3 Å². The smallest absolute Gasteiger partial charge is 0.330 e. The number of hydrogen-bond acceptors (Lipinski definition) is 3. The standard InChI is InChI=1S/C16H14N2O4/c19-13-12(6-3-7-17-13)14(20)18-16(15(21)22)8-10-4-1-2-5-11(10)9-16/h1-7H,8-9H2,(H,17,19)(H,18,20)(H,21,22). The monoisotopic (exact) mass is 298 g/mol. The molecule has 3 N–H and O–H groups in total. The van der Waals surface area contributed by atoms with Gasteiger partial charge in [-0.3, -0.25) is 9.59 Å². The first kappa shape index (κ1) is 14.1. The lowest BCUT2D eigenvalue weighted by atomic mass is 9.95. The van der Waals surface area contributed by atoms with E-state index in [1.54, 1.807) is 0 Å².